The van der Waals surface area contributed by atoms with Crippen LogP contribution in [0.15, 0.2) is 24.3 Å². The fraction of sp³-hybridized carbons (Fsp3) is 0.600. The van der Waals surface area contributed by atoms with Crippen molar-refractivity contribution in [2.45, 2.75) is 32.6 Å². The van der Waals surface area contributed by atoms with Crippen molar-refractivity contribution in [1.82, 2.24) is 5.32 Å². The Balaban J connectivity index is 2.18. The molecule has 0 spiro atoms. The molecule has 0 bridgehead atoms. The van der Waals surface area contributed by atoms with Crippen LogP contribution in [0.5, 0.6) is 0 Å². The summed E-state index contributed by atoms with van der Waals surface area (Å²) in [6.45, 7) is 9.17. The van der Waals surface area contributed by atoms with Crippen LogP contribution in [-0.2, 0) is 0 Å². The molecule has 2 nitrogen and oxygen atoms in total. The summed E-state index contributed by atoms with van der Waals surface area (Å²) in [6, 6.07) is 8.86. The van der Waals surface area contributed by atoms with Crippen LogP contribution in [0.1, 0.15) is 38.2 Å². The molecule has 2 rings (SSSR count). The monoisotopic (exact) mass is 232 g/mol. The van der Waals surface area contributed by atoms with E-state index in [1.807, 2.05) is 0 Å². The number of nitrogens with zero attached hydrogens (tertiary/aromatic N) is 1. The maximum Gasteiger partial charge on any atom is 0.0401 e. The van der Waals surface area contributed by atoms with Crippen molar-refractivity contribution in [1.29, 1.82) is 0 Å². The first-order chi connectivity index (χ1) is 8.29. The van der Waals surface area contributed by atoms with E-state index in [4.69, 9.17) is 0 Å². The molecule has 1 aromatic carbocycles. The molecule has 2 heteroatoms. The summed E-state index contributed by atoms with van der Waals surface area (Å²) in [5.74, 6) is 0.601. The molecule has 0 radical (unpaired) electrons. The van der Waals surface area contributed by atoms with E-state index in [1.165, 1.54) is 37.2 Å². The summed E-state index contributed by atoms with van der Waals surface area (Å²) >= 11 is 0. The molecule has 1 aliphatic heterocycles. The minimum absolute atomic E-state index is 0.601. The first kappa shape index (κ1) is 12.4. The van der Waals surface area contributed by atoms with Gasteiger partial charge in [-0.3, -0.25) is 0 Å². The maximum atomic E-state index is 3.49. The van der Waals surface area contributed by atoms with E-state index >= 15 is 0 Å². The highest BCUT2D eigenvalue weighted by Crippen LogP contribution is 2.27. The third-order valence-corrected chi connectivity index (χ3v) is 3.49. The van der Waals surface area contributed by atoms with Crippen molar-refractivity contribution in [3.05, 3.63) is 29.8 Å². The molecular formula is C15H24N2. The van der Waals surface area contributed by atoms with Crippen molar-refractivity contribution < 1.29 is 0 Å². The molecule has 1 heterocycles. The van der Waals surface area contributed by atoms with E-state index in [9.17, 15) is 0 Å². The van der Waals surface area contributed by atoms with Crippen LogP contribution in [0.2, 0.25) is 0 Å². The van der Waals surface area contributed by atoms with Crippen molar-refractivity contribution in [2.75, 3.05) is 31.1 Å². The van der Waals surface area contributed by atoms with Crippen LogP contribution in [0.4, 0.5) is 5.69 Å². The van der Waals surface area contributed by atoms with Gasteiger partial charge in [-0.2, -0.15) is 0 Å². The van der Waals surface area contributed by atoms with Crippen LogP contribution < -0.4 is 10.2 Å². The molecule has 0 amide bonds. The Kier molecular flexibility index (Phi) is 4.43. The predicted octanol–water partition coefficient (Wildman–Crippen LogP) is 3.00. The van der Waals surface area contributed by atoms with E-state index in [1.54, 1.807) is 0 Å². The Morgan fingerprint density at radius 3 is 2.71 bits per heavy atom. The summed E-state index contributed by atoms with van der Waals surface area (Å²) in [7, 11) is 0. The largest absolute Gasteiger partial charge is 0.370 e. The molecule has 94 valence electrons. The zero-order valence-corrected chi connectivity index (χ0v) is 11.1. The number of hydrogen-bond donors (Lipinski definition) is 1. The zero-order valence-electron chi connectivity index (χ0n) is 11.1. The lowest BCUT2D eigenvalue weighted by Gasteiger charge is -2.30. The quantitative estimate of drug-likeness (QED) is 0.843. The van der Waals surface area contributed by atoms with Gasteiger partial charge >= 0.3 is 0 Å². The molecule has 17 heavy (non-hydrogen) atoms. The van der Waals surface area contributed by atoms with E-state index in [-0.39, 0.29) is 0 Å². The molecule has 0 aliphatic carbocycles. The molecule has 0 atom stereocenters. The third kappa shape index (κ3) is 3.22. The number of nitrogens with one attached hydrogen (secondary N) is 1. The normalized spacial score (nSPS) is 17.9. The topological polar surface area (TPSA) is 15.3 Å². The molecule has 0 aromatic heterocycles. The van der Waals surface area contributed by atoms with Crippen molar-refractivity contribution in [3.63, 3.8) is 0 Å². The summed E-state index contributed by atoms with van der Waals surface area (Å²) < 4.78 is 0. The van der Waals surface area contributed by atoms with Gasteiger partial charge in [-0.15, -0.1) is 0 Å². The average Bonchev–Trinajstić information content (AvgIpc) is 2.28. The molecular weight excluding hydrogens is 208 g/mol. The fourth-order valence-electron chi connectivity index (χ4n) is 2.51. The first-order valence-corrected chi connectivity index (χ1v) is 6.83. The van der Waals surface area contributed by atoms with Crippen LogP contribution in [0, 0.1) is 0 Å². The van der Waals surface area contributed by atoms with Gasteiger partial charge in [-0.25, -0.2) is 0 Å². The van der Waals surface area contributed by atoms with E-state index < -0.39 is 0 Å². The van der Waals surface area contributed by atoms with Crippen molar-refractivity contribution in [3.8, 4) is 0 Å². The van der Waals surface area contributed by atoms with Gasteiger partial charge in [0.15, 0.2) is 0 Å². The summed E-state index contributed by atoms with van der Waals surface area (Å²) in [6.07, 6.45) is 2.58. The van der Waals surface area contributed by atoms with Crippen LogP contribution in [0.3, 0.4) is 0 Å². The fourth-order valence-corrected chi connectivity index (χ4v) is 2.51. The maximum absolute atomic E-state index is 3.49. The number of anilines is 1. The molecule has 1 saturated heterocycles. The Labute approximate surface area is 105 Å². The number of hydrogen-bond acceptors (Lipinski definition) is 2. The SMILES string of the molecule is CC(C)c1ccccc1N1CCCCNCC1. The molecule has 0 saturated carbocycles. The van der Waals surface area contributed by atoms with E-state index in [2.05, 4.69) is 48.3 Å². The minimum atomic E-state index is 0.601. The lowest BCUT2D eigenvalue weighted by molar-refractivity contribution is 0.565. The van der Waals surface area contributed by atoms with Crippen molar-refractivity contribution >= 4 is 5.69 Å². The lowest BCUT2D eigenvalue weighted by atomic mass is 10.00. The second kappa shape index (κ2) is 6.06. The molecule has 1 aromatic rings. The number of para-hydroxylation sites is 1. The second-order valence-electron chi connectivity index (χ2n) is 5.16. The van der Waals surface area contributed by atoms with E-state index in [0.29, 0.717) is 5.92 Å². The average molecular weight is 232 g/mol. The van der Waals surface area contributed by atoms with Gasteiger partial charge in [0.25, 0.3) is 0 Å². The smallest absolute Gasteiger partial charge is 0.0401 e. The Bertz CT molecular complexity index is 339. The highest BCUT2D eigenvalue weighted by molar-refractivity contribution is 5.55. The number of benzene rings is 1. The summed E-state index contributed by atoms with van der Waals surface area (Å²) in [5.41, 5.74) is 2.92. The molecule has 1 fully saturated rings. The highest BCUT2D eigenvalue weighted by Gasteiger charge is 2.13. The molecule has 0 unspecified atom stereocenters. The molecule has 1 aliphatic rings. The van der Waals surface area contributed by atoms with Gasteiger partial charge in [0, 0.05) is 25.3 Å². The third-order valence-electron chi connectivity index (χ3n) is 3.49. The second-order valence-corrected chi connectivity index (χ2v) is 5.16. The lowest BCUT2D eigenvalue weighted by Crippen LogP contribution is -2.36. The van der Waals surface area contributed by atoms with Crippen LogP contribution in [-0.4, -0.2) is 26.2 Å². The van der Waals surface area contributed by atoms with Crippen molar-refractivity contribution in [2.24, 2.45) is 0 Å². The van der Waals surface area contributed by atoms with Gasteiger partial charge in [0.05, 0.1) is 0 Å². The van der Waals surface area contributed by atoms with Gasteiger partial charge < -0.3 is 10.2 Å². The predicted molar refractivity (Wildman–Crippen MR) is 74.8 cm³/mol. The van der Waals surface area contributed by atoms with Gasteiger partial charge in [-0.1, -0.05) is 32.0 Å². The van der Waals surface area contributed by atoms with Crippen LogP contribution in [0.25, 0.3) is 0 Å². The Morgan fingerprint density at radius 2 is 1.88 bits per heavy atom. The first-order valence-electron chi connectivity index (χ1n) is 6.83. The standard InChI is InChI=1S/C15H24N2/c1-13(2)14-7-3-4-8-15(14)17-11-6-5-9-16-10-12-17/h3-4,7-8,13,16H,5-6,9-12H2,1-2H3. The van der Waals surface area contributed by atoms with Crippen LogP contribution >= 0.6 is 0 Å². The summed E-state index contributed by atoms with van der Waals surface area (Å²) in [5, 5.41) is 3.49. The summed E-state index contributed by atoms with van der Waals surface area (Å²) in [4.78, 5) is 2.54. The highest BCUT2D eigenvalue weighted by atomic mass is 15.1. The Morgan fingerprint density at radius 1 is 1.06 bits per heavy atom. The Hall–Kier alpha value is -1.02. The molecule has 1 N–H and O–H groups in total. The van der Waals surface area contributed by atoms with E-state index in [0.717, 1.165) is 13.1 Å². The van der Waals surface area contributed by atoms with Gasteiger partial charge in [-0.05, 0) is 36.9 Å². The van der Waals surface area contributed by atoms with Gasteiger partial charge in [0.2, 0.25) is 0 Å². The minimum Gasteiger partial charge on any atom is -0.370 e. The number of rotatable bonds is 2. The zero-order chi connectivity index (χ0) is 12.1. The van der Waals surface area contributed by atoms with Gasteiger partial charge in [0.1, 0.15) is 0 Å².